The fraction of sp³-hybridized carbons (Fsp3) is 0.917. The highest BCUT2D eigenvalue weighted by Gasteiger charge is 2.00. The highest BCUT2D eigenvalue weighted by atomic mass is 127. The molecule has 110 valence electrons. The van der Waals surface area contributed by atoms with E-state index < -0.39 is 0 Å². The average molecular weight is 373 g/mol. The molecule has 6 heteroatoms. The SMILES string of the molecule is CCCCOCCCN=C(N)NC(C)COC.I. The topological polar surface area (TPSA) is 68.9 Å². The molecule has 0 amide bonds. The van der Waals surface area contributed by atoms with Crippen molar-refractivity contribution >= 4 is 29.9 Å². The van der Waals surface area contributed by atoms with Gasteiger partial charge in [-0.15, -0.1) is 24.0 Å². The molecule has 1 atom stereocenters. The predicted molar refractivity (Wildman–Crippen MR) is 86.7 cm³/mol. The lowest BCUT2D eigenvalue weighted by molar-refractivity contribution is 0.130. The molecule has 18 heavy (non-hydrogen) atoms. The van der Waals surface area contributed by atoms with Gasteiger partial charge in [0.25, 0.3) is 0 Å². The summed E-state index contributed by atoms with van der Waals surface area (Å²) in [4.78, 5) is 4.21. The van der Waals surface area contributed by atoms with Crippen LogP contribution in [0.25, 0.3) is 0 Å². The van der Waals surface area contributed by atoms with E-state index in [1.807, 2.05) is 6.92 Å². The zero-order valence-electron chi connectivity index (χ0n) is 11.8. The second-order valence-corrected chi connectivity index (χ2v) is 4.09. The van der Waals surface area contributed by atoms with Gasteiger partial charge in [0.15, 0.2) is 5.96 Å². The highest BCUT2D eigenvalue weighted by Crippen LogP contribution is 1.90. The van der Waals surface area contributed by atoms with Crippen LogP contribution in [0.3, 0.4) is 0 Å². The van der Waals surface area contributed by atoms with Crippen molar-refractivity contribution in [3.63, 3.8) is 0 Å². The molecule has 0 saturated heterocycles. The van der Waals surface area contributed by atoms with Gasteiger partial charge in [-0.3, -0.25) is 4.99 Å². The lowest BCUT2D eigenvalue weighted by atomic mass is 10.3. The maximum absolute atomic E-state index is 5.71. The smallest absolute Gasteiger partial charge is 0.188 e. The molecular weight excluding hydrogens is 345 g/mol. The summed E-state index contributed by atoms with van der Waals surface area (Å²) in [6.45, 7) is 7.07. The van der Waals surface area contributed by atoms with Crippen molar-refractivity contribution in [2.75, 3.05) is 33.5 Å². The first-order valence-electron chi connectivity index (χ1n) is 6.33. The normalized spacial score (nSPS) is 12.9. The number of unbranched alkanes of at least 4 members (excludes halogenated alkanes) is 1. The number of aliphatic imine (C=N–C) groups is 1. The third-order valence-corrected chi connectivity index (χ3v) is 2.18. The van der Waals surface area contributed by atoms with Crippen molar-refractivity contribution in [3.05, 3.63) is 0 Å². The molecule has 0 radical (unpaired) electrons. The van der Waals surface area contributed by atoms with Crippen LogP contribution in [0.4, 0.5) is 0 Å². The van der Waals surface area contributed by atoms with E-state index in [-0.39, 0.29) is 30.0 Å². The first kappa shape index (κ1) is 20.2. The molecule has 0 saturated carbocycles. The standard InChI is InChI=1S/C12H27N3O2.HI/c1-4-5-8-17-9-6-7-14-12(13)15-11(2)10-16-3;/h11H,4-10H2,1-3H3,(H3,13,14,15);1H. The summed E-state index contributed by atoms with van der Waals surface area (Å²) in [6, 6.07) is 0.185. The van der Waals surface area contributed by atoms with E-state index in [0.29, 0.717) is 19.1 Å². The van der Waals surface area contributed by atoms with Gasteiger partial charge >= 0.3 is 0 Å². The number of guanidine groups is 1. The van der Waals surface area contributed by atoms with Gasteiger partial charge in [-0.25, -0.2) is 0 Å². The molecule has 0 aliphatic rings. The summed E-state index contributed by atoms with van der Waals surface area (Å²) >= 11 is 0. The number of nitrogens with zero attached hydrogens (tertiary/aromatic N) is 1. The quantitative estimate of drug-likeness (QED) is 0.265. The number of nitrogens with one attached hydrogen (secondary N) is 1. The van der Waals surface area contributed by atoms with Crippen LogP contribution in [0.1, 0.15) is 33.1 Å². The molecule has 5 nitrogen and oxygen atoms in total. The number of hydrogen-bond acceptors (Lipinski definition) is 3. The Morgan fingerprint density at radius 3 is 2.61 bits per heavy atom. The molecule has 0 heterocycles. The maximum atomic E-state index is 5.71. The molecule has 0 fully saturated rings. The molecule has 0 aromatic carbocycles. The average Bonchev–Trinajstić information content (AvgIpc) is 2.28. The molecule has 0 aliphatic heterocycles. The van der Waals surface area contributed by atoms with Crippen LogP contribution in [-0.2, 0) is 9.47 Å². The van der Waals surface area contributed by atoms with Gasteiger partial charge in [0, 0.05) is 32.9 Å². The van der Waals surface area contributed by atoms with Gasteiger partial charge in [0.1, 0.15) is 0 Å². The fourth-order valence-corrected chi connectivity index (χ4v) is 1.30. The minimum Gasteiger partial charge on any atom is -0.383 e. The van der Waals surface area contributed by atoms with Crippen LogP contribution in [0.2, 0.25) is 0 Å². The Hall–Kier alpha value is -0.0800. The summed E-state index contributed by atoms with van der Waals surface area (Å²) in [5, 5.41) is 3.05. The van der Waals surface area contributed by atoms with Crippen molar-refractivity contribution < 1.29 is 9.47 Å². The molecule has 0 aromatic heterocycles. The van der Waals surface area contributed by atoms with Crippen molar-refractivity contribution in [1.29, 1.82) is 0 Å². The summed E-state index contributed by atoms with van der Waals surface area (Å²) in [7, 11) is 1.67. The molecule has 1 unspecified atom stereocenters. The monoisotopic (exact) mass is 373 g/mol. The van der Waals surface area contributed by atoms with Gasteiger partial charge in [-0.1, -0.05) is 13.3 Å². The molecule has 0 aromatic rings. The summed E-state index contributed by atoms with van der Waals surface area (Å²) in [6.07, 6.45) is 3.21. The Balaban J connectivity index is 0. The molecule has 0 spiro atoms. The first-order valence-corrected chi connectivity index (χ1v) is 6.33. The van der Waals surface area contributed by atoms with E-state index in [9.17, 15) is 0 Å². The lowest BCUT2D eigenvalue weighted by Gasteiger charge is -2.12. The Kier molecular flexibility index (Phi) is 16.8. The molecule has 0 bridgehead atoms. The molecule has 3 N–H and O–H groups in total. The van der Waals surface area contributed by atoms with Crippen molar-refractivity contribution in [3.8, 4) is 0 Å². The van der Waals surface area contributed by atoms with Crippen molar-refractivity contribution in [2.24, 2.45) is 10.7 Å². The van der Waals surface area contributed by atoms with Crippen molar-refractivity contribution in [2.45, 2.75) is 39.2 Å². The minimum atomic E-state index is 0. The zero-order chi connectivity index (χ0) is 12.9. The van der Waals surface area contributed by atoms with E-state index in [1.165, 1.54) is 6.42 Å². The van der Waals surface area contributed by atoms with Crippen LogP contribution in [-0.4, -0.2) is 45.5 Å². The number of rotatable bonds is 10. The third-order valence-electron chi connectivity index (χ3n) is 2.18. The van der Waals surface area contributed by atoms with Crippen LogP contribution in [0, 0.1) is 0 Å². The second-order valence-electron chi connectivity index (χ2n) is 4.09. The van der Waals surface area contributed by atoms with E-state index in [0.717, 1.165) is 26.1 Å². The zero-order valence-corrected chi connectivity index (χ0v) is 14.1. The van der Waals surface area contributed by atoms with Crippen LogP contribution in [0.5, 0.6) is 0 Å². The summed E-state index contributed by atoms with van der Waals surface area (Å²) in [5.41, 5.74) is 5.71. The van der Waals surface area contributed by atoms with Gasteiger partial charge < -0.3 is 20.5 Å². The number of nitrogens with two attached hydrogens (primary N) is 1. The van der Waals surface area contributed by atoms with Crippen LogP contribution in [0.15, 0.2) is 4.99 Å². The van der Waals surface area contributed by atoms with E-state index >= 15 is 0 Å². The summed E-state index contributed by atoms with van der Waals surface area (Å²) < 4.78 is 10.4. The fourth-order valence-electron chi connectivity index (χ4n) is 1.30. The van der Waals surface area contributed by atoms with Gasteiger partial charge in [0.05, 0.1) is 6.61 Å². The Morgan fingerprint density at radius 2 is 2.00 bits per heavy atom. The number of methoxy groups -OCH3 is 1. The van der Waals surface area contributed by atoms with Crippen LogP contribution < -0.4 is 11.1 Å². The Morgan fingerprint density at radius 1 is 1.33 bits per heavy atom. The Labute approximate surface area is 128 Å². The second kappa shape index (κ2) is 15.0. The van der Waals surface area contributed by atoms with Crippen LogP contribution >= 0.6 is 24.0 Å². The van der Waals surface area contributed by atoms with Crippen molar-refractivity contribution in [1.82, 2.24) is 5.32 Å². The van der Waals surface area contributed by atoms with Gasteiger partial charge in [-0.05, 0) is 19.8 Å². The minimum absolute atomic E-state index is 0. The Bertz CT molecular complexity index is 204. The van der Waals surface area contributed by atoms with E-state index in [1.54, 1.807) is 7.11 Å². The molecular formula is C12H28IN3O2. The lowest BCUT2D eigenvalue weighted by Crippen LogP contribution is -2.40. The summed E-state index contributed by atoms with van der Waals surface area (Å²) in [5.74, 6) is 0.475. The predicted octanol–water partition coefficient (Wildman–Crippen LogP) is 1.75. The van der Waals surface area contributed by atoms with E-state index in [2.05, 4.69) is 17.2 Å². The largest absolute Gasteiger partial charge is 0.383 e. The van der Waals surface area contributed by atoms with Gasteiger partial charge in [-0.2, -0.15) is 0 Å². The maximum Gasteiger partial charge on any atom is 0.188 e. The number of ether oxygens (including phenoxy) is 2. The highest BCUT2D eigenvalue weighted by molar-refractivity contribution is 14.0. The third kappa shape index (κ3) is 14.0. The number of halogens is 1. The molecule has 0 aliphatic carbocycles. The van der Waals surface area contributed by atoms with Gasteiger partial charge in [0.2, 0.25) is 0 Å². The molecule has 0 rings (SSSR count). The first-order chi connectivity index (χ1) is 8.20. The number of hydrogen-bond donors (Lipinski definition) is 2. The van der Waals surface area contributed by atoms with E-state index in [4.69, 9.17) is 15.2 Å².